The van der Waals surface area contributed by atoms with Crippen LogP contribution in [0.25, 0.3) is 0 Å². The van der Waals surface area contributed by atoms with Crippen molar-refractivity contribution < 1.29 is 19.7 Å². The summed E-state index contributed by atoms with van der Waals surface area (Å²) in [5, 5.41) is 19.9. The molecule has 2 aliphatic rings. The van der Waals surface area contributed by atoms with E-state index in [1.54, 1.807) is 13.0 Å². The van der Waals surface area contributed by atoms with Gasteiger partial charge in [0.25, 0.3) is 0 Å². The van der Waals surface area contributed by atoms with Gasteiger partial charge in [-0.3, -0.25) is 0 Å². The summed E-state index contributed by atoms with van der Waals surface area (Å²) in [6.45, 7) is 9.40. The van der Waals surface area contributed by atoms with Crippen molar-refractivity contribution in [3.05, 3.63) is 36.0 Å². The topological polar surface area (TPSA) is 66.8 Å². The molecule has 1 saturated heterocycles. The maximum atomic E-state index is 11.6. The van der Waals surface area contributed by atoms with Gasteiger partial charge in [-0.25, -0.2) is 4.79 Å². The maximum Gasteiger partial charge on any atom is 0.334 e. The van der Waals surface area contributed by atoms with E-state index in [2.05, 4.69) is 13.2 Å². The van der Waals surface area contributed by atoms with E-state index in [1.807, 2.05) is 0 Å². The Morgan fingerprint density at radius 3 is 2.68 bits per heavy atom. The van der Waals surface area contributed by atoms with E-state index in [1.165, 1.54) is 0 Å². The van der Waals surface area contributed by atoms with Crippen LogP contribution in [0.1, 0.15) is 26.2 Å². The fourth-order valence-electron chi connectivity index (χ4n) is 2.56. The minimum atomic E-state index is -0.752. The van der Waals surface area contributed by atoms with Gasteiger partial charge in [-0.15, -0.1) is 0 Å². The summed E-state index contributed by atoms with van der Waals surface area (Å²) in [5.41, 5.74) is 1.84. The first-order valence-corrected chi connectivity index (χ1v) is 6.52. The number of rotatable bonds is 0. The van der Waals surface area contributed by atoms with Crippen molar-refractivity contribution >= 4 is 5.97 Å². The third-order valence-corrected chi connectivity index (χ3v) is 4.00. The first-order chi connectivity index (χ1) is 8.90. The second-order valence-electron chi connectivity index (χ2n) is 5.38. The molecule has 1 fully saturated rings. The van der Waals surface area contributed by atoms with Gasteiger partial charge in [-0.2, -0.15) is 0 Å². The Bertz CT molecular complexity index is 449. The molecule has 2 rings (SSSR count). The largest absolute Gasteiger partial charge is 0.454 e. The van der Waals surface area contributed by atoms with E-state index in [4.69, 9.17) is 4.74 Å². The molecule has 4 atom stereocenters. The lowest BCUT2D eigenvalue weighted by Crippen LogP contribution is -2.25. The van der Waals surface area contributed by atoms with Crippen LogP contribution in [0, 0.1) is 5.92 Å². The standard InChI is InChI=1S/C15H20O4/c1-8-4-5-11-10(3)15(18)19-14(11)6-9(2)13(17)7-12(8)16/h6,11-14,16-17H,1,3-5,7H2,2H3/b9-6-. The molecule has 0 saturated carbocycles. The molecule has 1 aliphatic heterocycles. The number of carbonyl (C=O) groups is 1. The molecule has 0 bridgehead atoms. The molecule has 4 heteroatoms. The molecule has 4 nitrogen and oxygen atoms in total. The van der Waals surface area contributed by atoms with E-state index < -0.39 is 12.2 Å². The summed E-state index contributed by atoms with van der Waals surface area (Å²) in [6, 6.07) is 0. The monoisotopic (exact) mass is 264 g/mol. The minimum absolute atomic E-state index is 0.100. The van der Waals surface area contributed by atoms with Crippen molar-refractivity contribution in [2.24, 2.45) is 5.92 Å². The highest BCUT2D eigenvalue weighted by atomic mass is 16.5. The molecule has 4 unspecified atom stereocenters. The summed E-state index contributed by atoms with van der Waals surface area (Å²) in [6.07, 6.45) is 1.43. The third kappa shape index (κ3) is 2.80. The molecular formula is C15H20O4. The molecule has 0 aromatic carbocycles. The summed E-state index contributed by atoms with van der Waals surface area (Å²) in [7, 11) is 0. The zero-order valence-corrected chi connectivity index (χ0v) is 11.1. The van der Waals surface area contributed by atoms with Crippen LogP contribution in [-0.4, -0.2) is 34.5 Å². The first kappa shape index (κ1) is 14.0. The van der Waals surface area contributed by atoms with E-state index in [0.29, 0.717) is 29.6 Å². The van der Waals surface area contributed by atoms with Crippen molar-refractivity contribution in [2.75, 3.05) is 0 Å². The van der Waals surface area contributed by atoms with Crippen LogP contribution in [0.4, 0.5) is 0 Å². The molecule has 19 heavy (non-hydrogen) atoms. The highest BCUT2D eigenvalue weighted by molar-refractivity contribution is 5.91. The highest BCUT2D eigenvalue weighted by Crippen LogP contribution is 2.34. The Kier molecular flexibility index (Phi) is 3.92. The predicted molar refractivity (Wildman–Crippen MR) is 71.3 cm³/mol. The van der Waals surface area contributed by atoms with E-state index in [-0.39, 0.29) is 24.4 Å². The van der Waals surface area contributed by atoms with Gasteiger partial charge >= 0.3 is 5.97 Å². The van der Waals surface area contributed by atoms with Gasteiger partial charge in [0.05, 0.1) is 12.2 Å². The number of aliphatic hydroxyl groups is 2. The van der Waals surface area contributed by atoms with Gasteiger partial charge in [0, 0.05) is 17.9 Å². The number of hydrogen-bond acceptors (Lipinski definition) is 4. The molecule has 0 spiro atoms. The molecule has 0 amide bonds. The third-order valence-electron chi connectivity index (χ3n) is 4.00. The van der Waals surface area contributed by atoms with Crippen LogP contribution in [0.15, 0.2) is 36.0 Å². The SMILES string of the molecule is C=C1CCC2C(=C)C(=O)OC2/C=C(/C)C(O)CC1O. The van der Waals surface area contributed by atoms with Gasteiger partial charge < -0.3 is 14.9 Å². The van der Waals surface area contributed by atoms with Crippen LogP contribution in [0.3, 0.4) is 0 Å². The van der Waals surface area contributed by atoms with E-state index in [9.17, 15) is 15.0 Å². The normalized spacial score (nSPS) is 39.3. The fraction of sp³-hybridized carbons (Fsp3) is 0.533. The second-order valence-corrected chi connectivity index (χ2v) is 5.38. The van der Waals surface area contributed by atoms with Gasteiger partial charge in [0.15, 0.2) is 0 Å². The number of aliphatic hydroxyl groups excluding tert-OH is 2. The van der Waals surface area contributed by atoms with Crippen LogP contribution in [0.5, 0.6) is 0 Å². The number of esters is 1. The number of hydrogen-bond donors (Lipinski definition) is 2. The quantitative estimate of drug-likeness (QED) is 0.395. The average Bonchev–Trinajstić information content (AvgIpc) is 2.61. The van der Waals surface area contributed by atoms with Crippen LogP contribution >= 0.6 is 0 Å². The Balaban J connectivity index is 2.30. The molecule has 1 heterocycles. The van der Waals surface area contributed by atoms with Gasteiger partial charge in [0.2, 0.25) is 0 Å². The molecule has 0 aromatic rings. The Morgan fingerprint density at radius 2 is 2.00 bits per heavy atom. The van der Waals surface area contributed by atoms with Gasteiger partial charge in [0.1, 0.15) is 6.10 Å². The Hall–Kier alpha value is -1.39. The summed E-state index contributed by atoms with van der Waals surface area (Å²) >= 11 is 0. The molecule has 0 aromatic heterocycles. The van der Waals surface area contributed by atoms with Gasteiger partial charge in [-0.05, 0) is 37.0 Å². The predicted octanol–water partition coefficient (Wildman–Crippen LogP) is 1.49. The van der Waals surface area contributed by atoms with Crippen molar-refractivity contribution in [1.29, 1.82) is 0 Å². The van der Waals surface area contributed by atoms with E-state index in [0.717, 1.165) is 0 Å². The summed E-state index contributed by atoms with van der Waals surface area (Å²) in [5.74, 6) is -0.476. The minimum Gasteiger partial charge on any atom is -0.454 e. The van der Waals surface area contributed by atoms with Crippen molar-refractivity contribution in [3.8, 4) is 0 Å². The van der Waals surface area contributed by atoms with Crippen LogP contribution in [0.2, 0.25) is 0 Å². The first-order valence-electron chi connectivity index (χ1n) is 6.52. The second kappa shape index (κ2) is 5.31. The van der Waals surface area contributed by atoms with Crippen LogP contribution < -0.4 is 0 Å². The average molecular weight is 264 g/mol. The summed E-state index contributed by atoms with van der Waals surface area (Å²) in [4.78, 5) is 11.6. The zero-order chi connectivity index (χ0) is 14.2. The zero-order valence-electron chi connectivity index (χ0n) is 11.1. The maximum absolute atomic E-state index is 11.6. The lowest BCUT2D eigenvalue weighted by Gasteiger charge is -2.24. The van der Waals surface area contributed by atoms with Crippen molar-refractivity contribution in [3.63, 3.8) is 0 Å². The molecule has 1 aliphatic carbocycles. The molecule has 2 N–H and O–H groups in total. The van der Waals surface area contributed by atoms with Gasteiger partial charge in [-0.1, -0.05) is 13.2 Å². The lowest BCUT2D eigenvalue weighted by atomic mass is 9.85. The fourth-order valence-corrected chi connectivity index (χ4v) is 2.56. The highest BCUT2D eigenvalue weighted by Gasteiger charge is 2.38. The number of carbonyl (C=O) groups excluding carboxylic acids is 1. The lowest BCUT2D eigenvalue weighted by molar-refractivity contribution is -0.137. The summed E-state index contributed by atoms with van der Waals surface area (Å²) < 4.78 is 5.27. The van der Waals surface area contributed by atoms with Crippen molar-refractivity contribution in [2.45, 2.75) is 44.5 Å². The van der Waals surface area contributed by atoms with Crippen LogP contribution in [-0.2, 0) is 9.53 Å². The van der Waals surface area contributed by atoms with Crippen molar-refractivity contribution in [1.82, 2.24) is 0 Å². The Morgan fingerprint density at radius 1 is 1.32 bits per heavy atom. The number of fused-ring (bicyclic) bond motifs is 1. The molecular weight excluding hydrogens is 244 g/mol. The van der Waals surface area contributed by atoms with E-state index >= 15 is 0 Å². The molecule has 0 radical (unpaired) electrons. The number of ether oxygens (including phenoxy) is 1. The Labute approximate surface area is 113 Å². The molecule has 104 valence electrons. The smallest absolute Gasteiger partial charge is 0.334 e.